The predicted octanol–water partition coefficient (Wildman–Crippen LogP) is 4.94. The maximum atomic E-state index is 12.8. The van der Waals surface area contributed by atoms with Crippen molar-refractivity contribution in [3.63, 3.8) is 0 Å². The van der Waals surface area contributed by atoms with Crippen LogP contribution in [-0.4, -0.2) is 16.0 Å². The minimum absolute atomic E-state index is 0.0515. The molecule has 0 saturated carbocycles. The van der Waals surface area contributed by atoms with Gasteiger partial charge in [-0.2, -0.15) is 18.2 Å². The number of carbonyl (C=O) groups is 1. The monoisotopic (exact) mass is 389 g/mol. The molecular weight excluding hydrogens is 371 g/mol. The van der Waals surface area contributed by atoms with Gasteiger partial charge in [0.2, 0.25) is 17.6 Å². The normalized spacial score (nSPS) is 11.5. The largest absolute Gasteiger partial charge is 0.416 e. The molecule has 0 bridgehead atoms. The fourth-order valence-electron chi connectivity index (χ4n) is 2.57. The SMILES string of the molecule is Cc1ccc(NC(=O)CCc2nc(-c3cccc(C(F)(F)F)c3)no2)cc1C. The molecule has 1 amide bonds. The zero-order valence-electron chi connectivity index (χ0n) is 15.3. The molecule has 3 rings (SSSR count). The van der Waals surface area contributed by atoms with Crippen molar-refractivity contribution in [1.29, 1.82) is 0 Å². The van der Waals surface area contributed by atoms with Crippen molar-refractivity contribution >= 4 is 11.6 Å². The molecule has 0 aliphatic rings. The Kier molecular flexibility index (Phi) is 5.48. The van der Waals surface area contributed by atoms with Crippen LogP contribution in [0.15, 0.2) is 47.0 Å². The van der Waals surface area contributed by atoms with E-state index in [2.05, 4.69) is 15.5 Å². The summed E-state index contributed by atoms with van der Waals surface area (Å²) in [6.45, 7) is 3.94. The molecule has 0 unspecified atom stereocenters. The van der Waals surface area contributed by atoms with Crippen LogP contribution in [0.2, 0.25) is 0 Å². The topological polar surface area (TPSA) is 68.0 Å². The number of aromatic nitrogens is 2. The van der Waals surface area contributed by atoms with Crippen molar-refractivity contribution in [3.8, 4) is 11.4 Å². The lowest BCUT2D eigenvalue weighted by molar-refractivity contribution is -0.137. The number of nitrogens with one attached hydrogen (secondary N) is 1. The number of halogens is 3. The first kappa shape index (κ1) is 19.6. The highest BCUT2D eigenvalue weighted by atomic mass is 19.4. The van der Waals surface area contributed by atoms with E-state index >= 15 is 0 Å². The van der Waals surface area contributed by atoms with Crippen LogP contribution in [0.4, 0.5) is 18.9 Å². The number of hydrogen-bond acceptors (Lipinski definition) is 4. The van der Waals surface area contributed by atoms with Gasteiger partial charge in [-0.3, -0.25) is 4.79 Å². The van der Waals surface area contributed by atoms with E-state index in [0.717, 1.165) is 23.3 Å². The highest BCUT2D eigenvalue weighted by Gasteiger charge is 2.30. The summed E-state index contributed by atoms with van der Waals surface area (Å²) in [4.78, 5) is 16.2. The number of amides is 1. The van der Waals surface area contributed by atoms with Gasteiger partial charge in [-0.1, -0.05) is 23.4 Å². The van der Waals surface area contributed by atoms with Crippen LogP contribution < -0.4 is 5.32 Å². The molecule has 2 aromatic carbocycles. The third-order valence-electron chi connectivity index (χ3n) is 4.27. The van der Waals surface area contributed by atoms with E-state index < -0.39 is 11.7 Å². The summed E-state index contributed by atoms with van der Waals surface area (Å²) >= 11 is 0. The smallest absolute Gasteiger partial charge is 0.339 e. The maximum Gasteiger partial charge on any atom is 0.416 e. The van der Waals surface area contributed by atoms with Crippen LogP contribution in [0.3, 0.4) is 0 Å². The number of rotatable bonds is 5. The summed E-state index contributed by atoms with van der Waals surface area (Å²) in [5.74, 6) is 0.0142. The predicted molar refractivity (Wildman–Crippen MR) is 97.6 cm³/mol. The zero-order chi connectivity index (χ0) is 20.3. The molecule has 1 aromatic heterocycles. The molecule has 28 heavy (non-hydrogen) atoms. The minimum atomic E-state index is -4.45. The molecule has 0 saturated heterocycles. The van der Waals surface area contributed by atoms with Crippen molar-refractivity contribution < 1.29 is 22.5 Å². The van der Waals surface area contributed by atoms with Gasteiger partial charge in [-0.15, -0.1) is 0 Å². The van der Waals surface area contributed by atoms with Crippen LogP contribution in [-0.2, 0) is 17.4 Å². The van der Waals surface area contributed by atoms with E-state index in [-0.39, 0.29) is 36.0 Å². The van der Waals surface area contributed by atoms with Crippen LogP contribution in [0.5, 0.6) is 0 Å². The first-order chi connectivity index (χ1) is 13.2. The van der Waals surface area contributed by atoms with Gasteiger partial charge >= 0.3 is 6.18 Å². The number of carbonyl (C=O) groups excluding carboxylic acids is 1. The molecule has 5 nitrogen and oxygen atoms in total. The van der Waals surface area contributed by atoms with Crippen molar-refractivity contribution in [3.05, 3.63) is 65.0 Å². The van der Waals surface area contributed by atoms with Crippen LogP contribution in [0, 0.1) is 13.8 Å². The number of benzene rings is 2. The molecule has 0 spiro atoms. The average Bonchev–Trinajstić information content (AvgIpc) is 3.12. The Labute approximate surface area is 159 Å². The molecule has 8 heteroatoms. The number of alkyl halides is 3. The molecule has 146 valence electrons. The second kappa shape index (κ2) is 7.84. The number of aryl methyl sites for hydroxylation is 3. The van der Waals surface area contributed by atoms with E-state index in [4.69, 9.17) is 4.52 Å². The number of anilines is 1. The van der Waals surface area contributed by atoms with Crippen LogP contribution in [0.1, 0.15) is 29.0 Å². The summed E-state index contributed by atoms with van der Waals surface area (Å²) in [5, 5.41) is 6.50. The van der Waals surface area contributed by atoms with Gasteiger partial charge < -0.3 is 9.84 Å². The fraction of sp³-hybridized carbons (Fsp3) is 0.250. The molecule has 3 aromatic rings. The summed E-state index contributed by atoms with van der Waals surface area (Å²) in [6.07, 6.45) is -4.16. The van der Waals surface area contributed by atoms with Gasteiger partial charge in [0.1, 0.15) is 0 Å². The Hall–Kier alpha value is -3.16. The first-order valence-electron chi connectivity index (χ1n) is 8.60. The van der Waals surface area contributed by atoms with Gasteiger partial charge in [0.25, 0.3) is 0 Å². The standard InChI is InChI=1S/C20H18F3N3O2/c1-12-6-7-16(10-13(12)2)24-17(27)8-9-18-25-19(26-28-18)14-4-3-5-15(11-14)20(21,22)23/h3-7,10-11H,8-9H2,1-2H3,(H,24,27). The lowest BCUT2D eigenvalue weighted by Crippen LogP contribution is -2.12. The second-order valence-electron chi connectivity index (χ2n) is 6.44. The molecule has 0 atom stereocenters. The third-order valence-corrected chi connectivity index (χ3v) is 4.27. The maximum absolute atomic E-state index is 12.8. The van der Waals surface area contributed by atoms with Gasteiger partial charge in [0.05, 0.1) is 5.56 Å². The van der Waals surface area contributed by atoms with Crippen molar-refractivity contribution in [2.45, 2.75) is 32.9 Å². The summed E-state index contributed by atoms with van der Waals surface area (Å²) in [7, 11) is 0. The molecule has 0 fully saturated rings. The number of nitrogens with zero attached hydrogens (tertiary/aromatic N) is 2. The van der Waals surface area contributed by atoms with Crippen molar-refractivity contribution in [2.24, 2.45) is 0 Å². The third kappa shape index (κ3) is 4.76. The molecule has 0 aliphatic carbocycles. The Bertz CT molecular complexity index is 996. The van der Waals surface area contributed by atoms with Gasteiger partial charge in [0.15, 0.2) is 0 Å². The van der Waals surface area contributed by atoms with E-state index in [1.54, 1.807) is 0 Å². The Morgan fingerprint density at radius 3 is 2.61 bits per heavy atom. The van der Waals surface area contributed by atoms with Gasteiger partial charge in [-0.05, 0) is 49.2 Å². The summed E-state index contributed by atoms with van der Waals surface area (Å²) in [6, 6.07) is 10.3. The lowest BCUT2D eigenvalue weighted by atomic mass is 10.1. The summed E-state index contributed by atoms with van der Waals surface area (Å²) in [5.41, 5.74) is 2.31. The van der Waals surface area contributed by atoms with E-state index in [1.807, 2.05) is 32.0 Å². The van der Waals surface area contributed by atoms with Crippen LogP contribution in [0.25, 0.3) is 11.4 Å². The molecule has 1 N–H and O–H groups in total. The average molecular weight is 389 g/mol. The molecule has 1 heterocycles. The van der Waals surface area contributed by atoms with E-state index in [9.17, 15) is 18.0 Å². The molecule has 0 radical (unpaired) electrons. The van der Waals surface area contributed by atoms with E-state index in [1.165, 1.54) is 12.1 Å². The molecule has 0 aliphatic heterocycles. The first-order valence-corrected chi connectivity index (χ1v) is 8.60. The van der Waals surface area contributed by atoms with Crippen LogP contribution >= 0.6 is 0 Å². The second-order valence-corrected chi connectivity index (χ2v) is 6.44. The van der Waals surface area contributed by atoms with E-state index in [0.29, 0.717) is 5.69 Å². The summed E-state index contributed by atoms with van der Waals surface area (Å²) < 4.78 is 43.5. The van der Waals surface area contributed by atoms with Gasteiger partial charge in [0, 0.05) is 24.1 Å². The quantitative estimate of drug-likeness (QED) is 0.671. The zero-order valence-corrected chi connectivity index (χ0v) is 15.3. The highest BCUT2D eigenvalue weighted by molar-refractivity contribution is 5.90. The Morgan fingerprint density at radius 2 is 1.89 bits per heavy atom. The Balaban J connectivity index is 1.62. The van der Waals surface area contributed by atoms with Crippen molar-refractivity contribution in [1.82, 2.24) is 10.1 Å². The van der Waals surface area contributed by atoms with Crippen molar-refractivity contribution in [2.75, 3.05) is 5.32 Å². The minimum Gasteiger partial charge on any atom is -0.339 e. The Morgan fingerprint density at radius 1 is 1.11 bits per heavy atom. The lowest BCUT2D eigenvalue weighted by Gasteiger charge is -2.07. The highest BCUT2D eigenvalue weighted by Crippen LogP contribution is 2.31. The molecular formula is C20H18F3N3O2. The number of hydrogen-bond donors (Lipinski definition) is 1. The van der Waals surface area contributed by atoms with Gasteiger partial charge in [-0.25, -0.2) is 0 Å². The fourth-order valence-corrected chi connectivity index (χ4v) is 2.57.